The maximum Gasteiger partial charge on any atom is 0.294 e. The summed E-state index contributed by atoms with van der Waals surface area (Å²) in [5.74, 6) is -0.534. The van der Waals surface area contributed by atoms with Crippen LogP contribution < -0.4 is 5.73 Å². The van der Waals surface area contributed by atoms with Gasteiger partial charge in [-0.1, -0.05) is 18.2 Å². The zero-order valence-corrected chi connectivity index (χ0v) is 7.88. The second kappa shape index (κ2) is 4.94. The van der Waals surface area contributed by atoms with E-state index in [1.54, 1.807) is 18.2 Å². The van der Waals surface area contributed by atoms with Gasteiger partial charge in [-0.3, -0.25) is 4.79 Å². The molecule has 1 amide bonds. The molecule has 6 nitrogen and oxygen atoms in total. The van der Waals surface area contributed by atoms with Crippen molar-refractivity contribution in [2.75, 3.05) is 6.61 Å². The van der Waals surface area contributed by atoms with Crippen molar-refractivity contribution in [3.63, 3.8) is 0 Å². The minimum Gasteiger partial charge on any atom is -0.366 e. The van der Waals surface area contributed by atoms with Crippen molar-refractivity contribution in [3.05, 3.63) is 45.6 Å². The highest BCUT2D eigenvalue weighted by Crippen LogP contribution is 2.12. The van der Waals surface area contributed by atoms with E-state index >= 15 is 0 Å². The van der Waals surface area contributed by atoms with E-state index in [0.717, 1.165) is 0 Å². The Morgan fingerprint density at radius 1 is 1.67 bits per heavy atom. The SMILES string of the molecule is NC(=O)C1=CC(CO[N+](=O)[O-])=CC=CC1. The van der Waals surface area contributed by atoms with E-state index in [1.807, 2.05) is 0 Å². The minimum absolute atomic E-state index is 0.186. The Labute approximate surface area is 85.8 Å². The van der Waals surface area contributed by atoms with Crippen molar-refractivity contribution in [2.24, 2.45) is 5.73 Å². The molecule has 0 fully saturated rings. The first-order chi connectivity index (χ1) is 7.09. The van der Waals surface area contributed by atoms with Crippen LogP contribution in [0.15, 0.2) is 35.5 Å². The number of nitrogens with zero attached hydrogens (tertiary/aromatic N) is 1. The number of rotatable bonds is 4. The van der Waals surface area contributed by atoms with Crippen molar-refractivity contribution in [2.45, 2.75) is 6.42 Å². The number of primary amides is 1. The molecule has 0 spiro atoms. The van der Waals surface area contributed by atoms with E-state index in [2.05, 4.69) is 4.84 Å². The maximum absolute atomic E-state index is 10.9. The summed E-state index contributed by atoms with van der Waals surface area (Å²) in [5, 5.41) is 9.09. The van der Waals surface area contributed by atoms with Crippen molar-refractivity contribution in [1.82, 2.24) is 0 Å². The number of hydrogen-bond acceptors (Lipinski definition) is 4. The molecule has 0 radical (unpaired) electrons. The summed E-state index contributed by atoms with van der Waals surface area (Å²) in [7, 11) is 0. The summed E-state index contributed by atoms with van der Waals surface area (Å²) in [6.07, 6.45) is 7.01. The highest BCUT2D eigenvalue weighted by atomic mass is 16.9. The van der Waals surface area contributed by atoms with Gasteiger partial charge in [-0.05, 0) is 18.1 Å². The monoisotopic (exact) mass is 210 g/mol. The van der Waals surface area contributed by atoms with Gasteiger partial charge in [0.05, 0.1) is 0 Å². The lowest BCUT2D eigenvalue weighted by Gasteiger charge is -2.01. The van der Waals surface area contributed by atoms with Crippen molar-refractivity contribution in [3.8, 4) is 0 Å². The fraction of sp³-hybridized carbons (Fsp3) is 0.222. The van der Waals surface area contributed by atoms with Gasteiger partial charge in [0.2, 0.25) is 5.91 Å². The molecule has 6 heteroatoms. The molecular formula is C9H10N2O4. The van der Waals surface area contributed by atoms with Crippen LogP contribution in [0.3, 0.4) is 0 Å². The van der Waals surface area contributed by atoms with E-state index in [9.17, 15) is 14.9 Å². The zero-order chi connectivity index (χ0) is 11.3. The Bertz CT molecular complexity index is 368. The molecule has 0 bridgehead atoms. The molecule has 0 saturated heterocycles. The van der Waals surface area contributed by atoms with Gasteiger partial charge in [-0.2, -0.15) is 0 Å². The van der Waals surface area contributed by atoms with E-state index in [0.29, 0.717) is 17.6 Å². The molecule has 80 valence electrons. The molecule has 0 unspecified atom stereocenters. The summed E-state index contributed by atoms with van der Waals surface area (Å²) in [6.45, 7) is -0.186. The van der Waals surface area contributed by atoms with Crippen LogP contribution >= 0.6 is 0 Å². The normalized spacial score (nSPS) is 14.9. The van der Waals surface area contributed by atoms with E-state index in [4.69, 9.17) is 5.73 Å². The third-order valence-electron chi connectivity index (χ3n) is 1.80. The standard InChI is InChI=1S/C9H10N2O4/c10-9(12)8-4-2-1-3-7(5-8)6-15-11(13)14/h1-3,5H,4,6H2,(H2,10,12). The Balaban J connectivity index is 2.73. The molecule has 0 atom stereocenters. The molecule has 1 aliphatic rings. The van der Waals surface area contributed by atoms with Gasteiger partial charge in [0.1, 0.15) is 6.61 Å². The van der Waals surface area contributed by atoms with Crippen LogP contribution in [-0.4, -0.2) is 17.6 Å². The van der Waals surface area contributed by atoms with Crippen LogP contribution in [0.4, 0.5) is 0 Å². The molecule has 1 aliphatic carbocycles. The second-order valence-electron chi connectivity index (χ2n) is 2.90. The first kappa shape index (κ1) is 11.0. The minimum atomic E-state index is -0.882. The largest absolute Gasteiger partial charge is 0.366 e. The van der Waals surface area contributed by atoms with Gasteiger partial charge >= 0.3 is 0 Å². The predicted molar refractivity (Wildman–Crippen MR) is 52.1 cm³/mol. The van der Waals surface area contributed by atoms with Crippen LogP contribution in [0, 0.1) is 10.1 Å². The van der Waals surface area contributed by atoms with Crippen LogP contribution in [0.25, 0.3) is 0 Å². The Kier molecular flexibility index (Phi) is 3.61. The maximum atomic E-state index is 10.9. The topological polar surface area (TPSA) is 95.5 Å². The number of amides is 1. The predicted octanol–water partition coefficient (Wildman–Crippen LogP) is 0.493. The molecule has 0 aliphatic heterocycles. The van der Waals surface area contributed by atoms with Gasteiger partial charge in [-0.25, -0.2) is 0 Å². The summed E-state index contributed by atoms with van der Waals surface area (Å²) in [5.41, 5.74) is 6.05. The first-order valence-electron chi connectivity index (χ1n) is 4.23. The summed E-state index contributed by atoms with van der Waals surface area (Å²) >= 11 is 0. The van der Waals surface area contributed by atoms with E-state index < -0.39 is 11.0 Å². The van der Waals surface area contributed by atoms with Crippen LogP contribution in [0.1, 0.15) is 6.42 Å². The van der Waals surface area contributed by atoms with Crippen molar-refractivity contribution < 1.29 is 14.7 Å². The van der Waals surface area contributed by atoms with Crippen LogP contribution in [0.2, 0.25) is 0 Å². The van der Waals surface area contributed by atoms with Crippen molar-refractivity contribution in [1.29, 1.82) is 0 Å². The first-order valence-corrected chi connectivity index (χ1v) is 4.23. The lowest BCUT2D eigenvalue weighted by molar-refractivity contribution is -0.755. The molecule has 15 heavy (non-hydrogen) atoms. The fourth-order valence-electron chi connectivity index (χ4n) is 1.11. The number of allylic oxidation sites excluding steroid dienone is 3. The van der Waals surface area contributed by atoms with E-state index in [-0.39, 0.29) is 6.61 Å². The summed E-state index contributed by atoms with van der Waals surface area (Å²) in [6, 6.07) is 0. The van der Waals surface area contributed by atoms with Crippen molar-refractivity contribution >= 4 is 5.91 Å². The highest BCUT2D eigenvalue weighted by molar-refractivity contribution is 5.92. The molecule has 0 aromatic rings. The van der Waals surface area contributed by atoms with Crippen LogP contribution in [-0.2, 0) is 9.63 Å². The van der Waals surface area contributed by atoms with Gasteiger partial charge in [0, 0.05) is 5.57 Å². The fourth-order valence-corrected chi connectivity index (χ4v) is 1.11. The molecule has 2 N–H and O–H groups in total. The Morgan fingerprint density at radius 3 is 3.00 bits per heavy atom. The van der Waals surface area contributed by atoms with Gasteiger partial charge in [-0.15, -0.1) is 10.1 Å². The lowest BCUT2D eigenvalue weighted by Crippen LogP contribution is -2.14. The number of carbonyl (C=O) groups excluding carboxylic acids is 1. The number of nitrogens with two attached hydrogens (primary N) is 1. The van der Waals surface area contributed by atoms with Gasteiger partial charge in [0.15, 0.2) is 0 Å². The number of hydrogen-bond donors (Lipinski definition) is 1. The summed E-state index contributed by atoms with van der Waals surface area (Å²) < 4.78 is 0. The summed E-state index contributed by atoms with van der Waals surface area (Å²) in [4.78, 5) is 25.1. The molecule has 0 aromatic heterocycles. The Morgan fingerprint density at radius 2 is 2.40 bits per heavy atom. The molecule has 0 saturated carbocycles. The second-order valence-corrected chi connectivity index (χ2v) is 2.90. The molecule has 0 heterocycles. The molecule has 0 aromatic carbocycles. The average molecular weight is 210 g/mol. The highest BCUT2D eigenvalue weighted by Gasteiger charge is 2.07. The smallest absolute Gasteiger partial charge is 0.294 e. The third kappa shape index (κ3) is 3.63. The van der Waals surface area contributed by atoms with Gasteiger partial charge < -0.3 is 10.6 Å². The third-order valence-corrected chi connectivity index (χ3v) is 1.80. The van der Waals surface area contributed by atoms with Gasteiger partial charge in [0.25, 0.3) is 5.09 Å². The lowest BCUT2D eigenvalue weighted by atomic mass is 10.1. The number of carbonyl (C=O) groups is 1. The molecule has 1 rings (SSSR count). The quantitative estimate of drug-likeness (QED) is 0.539. The molecular weight excluding hydrogens is 200 g/mol. The zero-order valence-electron chi connectivity index (χ0n) is 7.88. The van der Waals surface area contributed by atoms with E-state index in [1.165, 1.54) is 6.08 Å². The average Bonchev–Trinajstić information content (AvgIpc) is 2.39. The van der Waals surface area contributed by atoms with Crippen LogP contribution in [0.5, 0.6) is 0 Å². The Hall–Kier alpha value is -2.11.